The minimum Gasteiger partial charge on any atom is -0.497 e. The number of nitrogens with zero attached hydrogens (tertiary/aromatic N) is 3. The Bertz CT molecular complexity index is 1050. The Balaban J connectivity index is 1.40. The quantitative estimate of drug-likeness (QED) is 0.554. The Labute approximate surface area is 152 Å². The summed E-state index contributed by atoms with van der Waals surface area (Å²) in [5, 5.41) is 14.3. The molecule has 4 aromatic rings. The van der Waals surface area contributed by atoms with Crippen LogP contribution in [-0.4, -0.2) is 28.4 Å². The highest BCUT2D eigenvalue weighted by Gasteiger charge is 2.16. The predicted molar refractivity (Wildman–Crippen MR) is 91.7 cm³/mol. The highest BCUT2D eigenvalue weighted by molar-refractivity contribution is 5.92. The third-order valence-electron chi connectivity index (χ3n) is 3.69. The summed E-state index contributed by atoms with van der Waals surface area (Å²) < 4.78 is 21.0. The molecule has 0 radical (unpaired) electrons. The number of carbonyl (C=O) groups excluding carboxylic acids is 1. The van der Waals surface area contributed by atoms with E-state index in [0.29, 0.717) is 23.2 Å². The van der Waals surface area contributed by atoms with Gasteiger partial charge in [0.1, 0.15) is 5.75 Å². The molecule has 4 rings (SSSR count). The lowest BCUT2D eigenvalue weighted by Crippen LogP contribution is -2.23. The molecule has 0 fully saturated rings. The lowest BCUT2D eigenvalue weighted by molar-refractivity contribution is 0.0938. The molecular weight excluding hydrogens is 352 g/mol. The van der Waals surface area contributed by atoms with Gasteiger partial charge >= 0.3 is 0 Å². The predicted octanol–water partition coefficient (Wildman–Crippen LogP) is 2.92. The van der Waals surface area contributed by atoms with Gasteiger partial charge in [0.05, 0.1) is 19.9 Å². The number of aromatic nitrogens is 3. The van der Waals surface area contributed by atoms with Crippen LogP contribution in [-0.2, 0) is 6.54 Å². The van der Waals surface area contributed by atoms with Gasteiger partial charge in [-0.3, -0.25) is 4.79 Å². The second kappa shape index (κ2) is 7.16. The zero-order valence-corrected chi connectivity index (χ0v) is 14.2. The van der Waals surface area contributed by atoms with E-state index < -0.39 is 5.91 Å². The van der Waals surface area contributed by atoms with Crippen molar-refractivity contribution < 1.29 is 22.9 Å². The van der Waals surface area contributed by atoms with Crippen LogP contribution in [0.3, 0.4) is 0 Å². The number of rotatable bonds is 6. The van der Waals surface area contributed by atoms with E-state index in [2.05, 4.69) is 20.7 Å². The third kappa shape index (κ3) is 3.56. The molecule has 0 saturated heterocycles. The smallest absolute Gasteiger partial charge is 0.273 e. The minimum absolute atomic E-state index is 0.0543. The summed E-state index contributed by atoms with van der Waals surface area (Å²) >= 11 is 0. The molecule has 0 bridgehead atoms. The molecule has 0 aliphatic heterocycles. The van der Waals surface area contributed by atoms with Crippen LogP contribution in [0.4, 0.5) is 0 Å². The summed E-state index contributed by atoms with van der Waals surface area (Å²) in [5.41, 5.74) is 0.841. The van der Waals surface area contributed by atoms with Crippen LogP contribution in [0.5, 0.6) is 5.75 Å². The number of benzene rings is 1. The van der Waals surface area contributed by atoms with Crippen molar-refractivity contribution in [3.63, 3.8) is 0 Å². The maximum Gasteiger partial charge on any atom is 0.273 e. The molecule has 0 atom stereocenters. The molecule has 27 heavy (non-hydrogen) atoms. The fourth-order valence-electron chi connectivity index (χ4n) is 2.36. The number of hydrogen-bond acceptors (Lipinski definition) is 8. The van der Waals surface area contributed by atoms with Crippen LogP contribution in [0, 0.1) is 0 Å². The maximum atomic E-state index is 12.2. The number of carbonyl (C=O) groups is 1. The van der Waals surface area contributed by atoms with E-state index in [0.717, 1.165) is 5.56 Å². The fourth-order valence-corrected chi connectivity index (χ4v) is 2.36. The summed E-state index contributed by atoms with van der Waals surface area (Å²) in [6.07, 6.45) is 1.51. The Morgan fingerprint density at radius 3 is 2.89 bits per heavy atom. The minimum atomic E-state index is -0.433. The molecule has 3 heterocycles. The molecule has 0 aliphatic carbocycles. The van der Waals surface area contributed by atoms with Crippen LogP contribution < -0.4 is 10.1 Å². The first-order valence-corrected chi connectivity index (χ1v) is 7.98. The van der Waals surface area contributed by atoms with Gasteiger partial charge in [0.2, 0.25) is 17.5 Å². The van der Waals surface area contributed by atoms with Gasteiger partial charge in [-0.25, -0.2) is 0 Å². The largest absolute Gasteiger partial charge is 0.497 e. The van der Waals surface area contributed by atoms with Gasteiger partial charge in [-0.05, 0) is 30.3 Å². The number of nitrogens with one attached hydrogen (secondary N) is 1. The molecule has 9 nitrogen and oxygen atoms in total. The zero-order chi connectivity index (χ0) is 18.6. The van der Waals surface area contributed by atoms with Crippen molar-refractivity contribution in [2.45, 2.75) is 6.54 Å². The van der Waals surface area contributed by atoms with E-state index in [9.17, 15) is 4.79 Å². The van der Waals surface area contributed by atoms with E-state index in [1.807, 2.05) is 18.2 Å². The topological polar surface area (TPSA) is 116 Å². The van der Waals surface area contributed by atoms with Crippen molar-refractivity contribution in [3.8, 4) is 28.7 Å². The fraction of sp³-hybridized carbons (Fsp3) is 0.111. The molecule has 1 amide bonds. The molecule has 1 aromatic carbocycles. The first-order valence-electron chi connectivity index (χ1n) is 7.98. The van der Waals surface area contributed by atoms with Gasteiger partial charge < -0.3 is 23.4 Å². The Hall–Kier alpha value is -3.88. The van der Waals surface area contributed by atoms with Crippen molar-refractivity contribution in [2.75, 3.05) is 7.11 Å². The zero-order valence-electron chi connectivity index (χ0n) is 14.2. The number of ether oxygens (including phenoxy) is 1. The Kier molecular flexibility index (Phi) is 4.40. The second-order valence-electron chi connectivity index (χ2n) is 5.47. The average Bonchev–Trinajstić information content (AvgIpc) is 3.47. The van der Waals surface area contributed by atoms with Gasteiger partial charge in [-0.2, -0.15) is 0 Å². The Morgan fingerprint density at radius 1 is 1.15 bits per heavy atom. The van der Waals surface area contributed by atoms with Gasteiger partial charge in [0.15, 0.2) is 11.5 Å². The van der Waals surface area contributed by atoms with Gasteiger partial charge in [-0.15, -0.1) is 10.2 Å². The van der Waals surface area contributed by atoms with E-state index in [1.54, 1.807) is 25.3 Å². The molecule has 9 heteroatoms. The summed E-state index contributed by atoms with van der Waals surface area (Å²) in [5.74, 6) is 1.69. The molecule has 136 valence electrons. The standard InChI is InChI=1S/C18H14N4O5/c1-24-12-5-2-4-11(8-12)18-21-20-16(26-18)10-19-17(23)13-9-15(27-22-13)14-6-3-7-25-14/h2-9H,10H2,1H3,(H,19,23). The molecule has 3 aromatic heterocycles. The van der Waals surface area contributed by atoms with Crippen LogP contribution >= 0.6 is 0 Å². The molecule has 0 saturated carbocycles. The SMILES string of the molecule is COc1cccc(-c2nnc(CNC(=O)c3cc(-c4ccco4)on3)o2)c1. The summed E-state index contributed by atoms with van der Waals surface area (Å²) in [4.78, 5) is 12.2. The van der Waals surface area contributed by atoms with Crippen molar-refractivity contribution in [1.82, 2.24) is 20.7 Å². The first kappa shape index (κ1) is 16.6. The maximum absolute atomic E-state index is 12.2. The highest BCUT2D eigenvalue weighted by Crippen LogP contribution is 2.23. The first-order chi connectivity index (χ1) is 13.2. The number of hydrogen-bond donors (Lipinski definition) is 1. The van der Waals surface area contributed by atoms with E-state index >= 15 is 0 Å². The van der Waals surface area contributed by atoms with Crippen LogP contribution in [0.15, 0.2) is 62.1 Å². The van der Waals surface area contributed by atoms with Gasteiger partial charge in [0.25, 0.3) is 5.91 Å². The van der Waals surface area contributed by atoms with Gasteiger partial charge in [-0.1, -0.05) is 11.2 Å². The lowest BCUT2D eigenvalue weighted by Gasteiger charge is -2.00. The monoisotopic (exact) mass is 366 g/mol. The third-order valence-corrected chi connectivity index (χ3v) is 3.69. The lowest BCUT2D eigenvalue weighted by atomic mass is 10.2. The van der Waals surface area contributed by atoms with E-state index in [4.69, 9.17) is 18.1 Å². The average molecular weight is 366 g/mol. The van der Waals surface area contributed by atoms with Crippen molar-refractivity contribution in [1.29, 1.82) is 0 Å². The number of furan rings is 1. The van der Waals surface area contributed by atoms with Crippen LogP contribution in [0.1, 0.15) is 16.4 Å². The van der Waals surface area contributed by atoms with Crippen molar-refractivity contribution in [3.05, 3.63) is 60.3 Å². The molecule has 0 unspecified atom stereocenters. The summed E-state index contributed by atoms with van der Waals surface area (Å²) in [6.45, 7) is 0.0543. The second-order valence-corrected chi connectivity index (χ2v) is 5.47. The molecular formula is C18H14N4O5. The molecule has 0 spiro atoms. The number of methoxy groups -OCH3 is 1. The van der Waals surface area contributed by atoms with E-state index in [1.165, 1.54) is 12.3 Å². The van der Waals surface area contributed by atoms with E-state index in [-0.39, 0.29) is 18.1 Å². The summed E-state index contributed by atoms with van der Waals surface area (Å²) in [7, 11) is 1.58. The van der Waals surface area contributed by atoms with Crippen LogP contribution in [0.25, 0.3) is 23.0 Å². The van der Waals surface area contributed by atoms with Crippen molar-refractivity contribution in [2.24, 2.45) is 0 Å². The van der Waals surface area contributed by atoms with Gasteiger partial charge in [0, 0.05) is 11.6 Å². The summed E-state index contributed by atoms with van der Waals surface area (Å²) in [6, 6.07) is 12.2. The normalized spacial score (nSPS) is 10.7. The Morgan fingerprint density at radius 2 is 2.07 bits per heavy atom. The highest BCUT2D eigenvalue weighted by atomic mass is 16.5. The van der Waals surface area contributed by atoms with Crippen LogP contribution in [0.2, 0.25) is 0 Å². The number of amides is 1. The molecule has 1 N–H and O–H groups in total. The molecule has 0 aliphatic rings. The van der Waals surface area contributed by atoms with Crippen molar-refractivity contribution >= 4 is 5.91 Å².